The number of halogens is 1. The smallest absolute Gasteiger partial charge is 0.191 e. The third kappa shape index (κ3) is 6.52. The summed E-state index contributed by atoms with van der Waals surface area (Å²) in [4.78, 5) is 9.31. The van der Waals surface area contributed by atoms with Crippen molar-refractivity contribution < 1.29 is 4.74 Å². The number of rotatable bonds is 8. The number of aryl methyl sites for hydroxylation is 1. The van der Waals surface area contributed by atoms with Crippen molar-refractivity contribution in [2.24, 2.45) is 4.99 Å². The Morgan fingerprint density at radius 1 is 1.25 bits per heavy atom. The van der Waals surface area contributed by atoms with Crippen molar-refractivity contribution in [3.63, 3.8) is 0 Å². The zero-order valence-electron chi connectivity index (χ0n) is 18.6. The molecule has 172 valence electrons. The molecule has 1 aliphatic heterocycles. The molecular weight excluding hydrogens is 519 g/mol. The van der Waals surface area contributed by atoms with Gasteiger partial charge in [-0.25, -0.2) is 14.7 Å². The Morgan fingerprint density at radius 2 is 2.09 bits per heavy atom. The summed E-state index contributed by atoms with van der Waals surface area (Å²) in [6.07, 6.45) is 5.82. The third-order valence-electron chi connectivity index (χ3n) is 5.15. The first-order valence-electron chi connectivity index (χ1n) is 10.7. The van der Waals surface area contributed by atoms with Gasteiger partial charge in [0.15, 0.2) is 11.8 Å². The summed E-state index contributed by atoms with van der Waals surface area (Å²) in [5, 5.41) is 15.9. The van der Waals surface area contributed by atoms with Crippen molar-refractivity contribution in [1.29, 1.82) is 0 Å². The lowest BCUT2D eigenvalue weighted by Crippen LogP contribution is -2.47. The molecule has 0 bridgehead atoms. The Hall–Kier alpha value is -2.47. The van der Waals surface area contributed by atoms with Gasteiger partial charge in [0.25, 0.3) is 0 Å². The van der Waals surface area contributed by atoms with E-state index in [1.54, 1.807) is 7.11 Å². The van der Waals surface area contributed by atoms with Crippen molar-refractivity contribution >= 4 is 29.9 Å². The Morgan fingerprint density at radius 3 is 2.88 bits per heavy atom. The Bertz CT molecular complexity index is 1000. The number of nitrogens with zero attached hydrogens (tertiary/aromatic N) is 6. The van der Waals surface area contributed by atoms with E-state index in [-0.39, 0.29) is 30.0 Å². The Kier molecular flexibility index (Phi) is 9.03. The maximum Gasteiger partial charge on any atom is 0.191 e. The summed E-state index contributed by atoms with van der Waals surface area (Å²) in [5.74, 6) is 2.58. The van der Waals surface area contributed by atoms with E-state index in [9.17, 15) is 0 Å². The minimum atomic E-state index is 0. The standard InChI is InChI=1S/C22H30N8O.HI/c1-3-23-22(26-19-9-10-21-27-20(16-31-2)28-30(21)15-19)24-11-18-12-25-29(14-18)13-17-7-5-4-6-8-17;/h4-8,12,14,19H,3,9-11,13,15-16H2,1-2H3,(H2,23,24,26);1H. The van der Waals surface area contributed by atoms with Crippen LogP contribution in [0.25, 0.3) is 0 Å². The highest BCUT2D eigenvalue weighted by Crippen LogP contribution is 2.13. The molecule has 10 heteroatoms. The highest BCUT2D eigenvalue weighted by Gasteiger charge is 2.22. The van der Waals surface area contributed by atoms with Gasteiger partial charge in [0.2, 0.25) is 0 Å². The first kappa shape index (κ1) is 24.2. The number of benzene rings is 1. The van der Waals surface area contributed by atoms with Gasteiger partial charge in [0, 0.05) is 37.9 Å². The molecule has 1 atom stereocenters. The van der Waals surface area contributed by atoms with Gasteiger partial charge in [-0.15, -0.1) is 24.0 Å². The summed E-state index contributed by atoms with van der Waals surface area (Å²) in [7, 11) is 1.66. The number of aliphatic imine (C=N–C) groups is 1. The predicted octanol–water partition coefficient (Wildman–Crippen LogP) is 2.36. The lowest BCUT2D eigenvalue weighted by Gasteiger charge is -2.25. The van der Waals surface area contributed by atoms with Gasteiger partial charge >= 0.3 is 0 Å². The van der Waals surface area contributed by atoms with Crippen molar-refractivity contribution in [2.45, 2.75) is 52.0 Å². The van der Waals surface area contributed by atoms with E-state index in [1.165, 1.54) is 5.56 Å². The molecular formula is C22H31IN8O. The normalized spacial score (nSPS) is 15.7. The Balaban J connectivity index is 0.00000289. The molecule has 2 N–H and O–H groups in total. The van der Waals surface area contributed by atoms with Crippen molar-refractivity contribution in [2.75, 3.05) is 13.7 Å². The third-order valence-corrected chi connectivity index (χ3v) is 5.15. The molecule has 3 aromatic rings. The first-order valence-corrected chi connectivity index (χ1v) is 10.7. The molecule has 1 aromatic carbocycles. The van der Waals surface area contributed by atoms with Crippen LogP contribution < -0.4 is 10.6 Å². The number of nitrogens with one attached hydrogen (secondary N) is 2. The number of ether oxygens (including phenoxy) is 1. The second-order valence-corrected chi connectivity index (χ2v) is 7.67. The molecule has 0 radical (unpaired) electrons. The van der Waals surface area contributed by atoms with E-state index in [0.717, 1.165) is 55.6 Å². The van der Waals surface area contributed by atoms with E-state index in [4.69, 9.17) is 9.73 Å². The zero-order valence-corrected chi connectivity index (χ0v) is 20.9. The molecule has 4 rings (SSSR count). The van der Waals surface area contributed by atoms with Crippen molar-refractivity contribution in [3.8, 4) is 0 Å². The van der Waals surface area contributed by atoms with Crippen molar-refractivity contribution in [1.82, 2.24) is 35.2 Å². The molecule has 1 unspecified atom stereocenters. The number of aromatic nitrogens is 5. The molecule has 32 heavy (non-hydrogen) atoms. The van der Waals surface area contributed by atoms with Gasteiger partial charge in [-0.05, 0) is 18.9 Å². The average molecular weight is 550 g/mol. The van der Waals surface area contributed by atoms with Crippen LogP contribution in [-0.4, -0.2) is 50.2 Å². The molecule has 0 spiro atoms. The largest absolute Gasteiger partial charge is 0.377 e. The molecule has 0 saturated carbocycles. The number of fused-ring (bicyclic) bond motifs is 1. The minimum absolute atomic E-state index is 0. The van der Waals surface area contributed by atoms with Crippen LogP contribution in [0.2, 0.25) is 0 Å². The second-order valence-electron chi connectivity index (χ2n) is 7.67. The first-order chi connectivity index (χ1) is 15.2. The van der Waals surface area contributed by atoms with Crippen LogP contribution in [0, 0.1) is 0 Å². The fourth-order valence-electron chi connectivity index (χ4n) is 3.70. The van der Waals surface area contributed by atoms with Crippen molar-refractivity contribution in [3.05, 3.63) is 65.5 Å². The lowest BCUT2D eigenvalue weighted by atomic mass is 10.1. The summed E-state index contributed by atoms with van der Waals surface area (Å²) < 4.78 is 9.08. The maximum absolute atomic E-state index is 5.15. The van der Waals surface area contributed by atoms with E-state index in [1.807, 2.05) is 33.8 Å². The van der Waals surface area contributed by atoms with E-state index >= 15 is 0 Å². The van der Waals surface area contributed by atoms with Gasteiger partial charge in [-0.1, -0.05) is 30.3 Å². The highest BCUT2D eigenvalue weighted by molar-refractivity contribution is 14.0. The SMILES string of the molecule is CCNC(=NCc1cnn(Cc2ccccc2)c1)NC1CCc2nc(COC)nn2C1.I. The second kappa shape index (κ2) is 12.0. The molecule has 3 heterocycles. The minimum Gasteiger partial charge on any atom is -0.377 e. The summed E-state index contributed by atoms with van der Waals surface area (Å²) in [6, 6.07) is 10.6. The molecule has 0 aliphatic carbocycles. The summed E-state index contributed by atoms with van der Waals surface area (Å²) in [6.45, 7) is 5.42. The van der Waals surface area contributed by atoms with Crippen LogP contribution in [0.15, 0.2) is 47.7 Å². The van der Waals surface area contributed by atoms with Crippen LogP contribution >= 0.6 is 24.0 Å². The summed E-state index contributed by atoms with van der Waals surface area (Å²) in [5.41, 5.74) is 2.31. The topological polar surface area (TPSA) is 94.2 Å². The molecule has 0 saturated heterocycles. The monoisotopic (exact) mass is 550 g/mol. The zero-order chi connectivity index (χ0) is 21.5. The molecule has 9 nitrogen and oxygen atoms in total. The maximum atomic E-state index is 5.15. The Labute approximate surface area is 205 Å². The molecule has 2 aromatic heterocycles. The number of hydrogen-bond donors (Lipinski definition) is 2. The number of methoxy groups -OCH3 is 1. The van der Waals surface area contributed by atoms with Crippen LogP contribution in [0.1, 0.15) is 36.1 Å². The lowest BCUT2D eigenvalue weighted by molar-refractivity contribution is 0.177. The van der Waals surface area contributed by atoms with Gasteiger partial charge in [0.1, 0.15) is 12.4 Å². The van der Waals surface area contributed by atoms with Gasteiger partial charge in [-0.2, -0.15) is 10.2 Å². The van der Waals surface area contributed by atoms with Crippen LogP contribution in [-0.2, 0) is 37.4 Å². The fraction of sp³-hybridized carbons (Fsp3) is 0.455. The van der Waals surface area contributed by atoms with Gasteiger partial charge in [-0.3, -0.25) is 4.68 Å². The molecule has 0 fully saturated rings. The van der Waals surface area contributed by atoms with Gasteiger partial charge < -0.3 is 15.4 Å². The predicted molar refractivity (Wildman–Crippen MR) is 134 cm³/mol. The van der Waals surface area contributed by atoms with E-state index < -0.39 is 0 Å². The molecule has 1 aliphatic rings. The summed E-state index contributed by atoms with van der Waals surface area (Å²) >= 11 is 0. The van der Waals surface area contributed by atoms with E-state index in [2.05, 4.69) is 51.1 Å². The quantitative estimate of drug-likeness (QED) is 0.254. The van der Waals surface area contributed by atoms with E-state index in [0.29, 0.717) is 13.2 Å². The number of hydrogen-bond acceptors (Lipinski definition) is 5. The number of guanidine groups is 1. The average Bonchev–Trinajstić information content (AvgIpc) is 3.39. The molecule has 0 amide bonds. The highest BCUT2D eigenvalue weighted by atomic mass is 127. The van der Waals surface area contributed by atoms with Gasteiger partial charge in [0.05, 0.1) is 25.8 Å². The van der Waals surface area contributed by atoms with Crippen LogP contribution in [0.4, 0.5) is 0 Å². The van der Waals surface area contributed by atoms with Crippen LogP contribution in [0.5, 0.6) is 0 Å². The van der Waals surface area contributed by atoms with Crippen LogP contribution in [0.3, 0.4) is 0 Å². The fourth-order valence-corrected chi connectivity index (χ4v) is 3.70.